The molecule has 1 aromatic rings. The Labute approximate surface area is 132 Å². The van der Waals surface area contributed by atoms with Crippen LogP contribution < -0.4 is 11.1 Å². The van der Waals surface area contributed by atoms with Gasteiger partial charge in [0.2, 0.25) is 5.91 Å². The summed E-state index contributed by atoms with van der Waals surface area (Å²) in [4.78, 5) is 12.6. The van der Waals surface area contributed by atoms with Crippen molar-refractivity contribution < 1.29 is 10.0 Å². The highest BCUT2D eigenvalue weighted by Gasteiger charge is 2.34. The molecule has 2 rings (SSSR count). The average molecular weight is 354 g/mol. The summed E-state index contributed by atoms with van der Waals surface area (Å²) in [7, 11) is 0. The van der Waals surface area contributed by atoms with E-state index in [9.17, 15) is 4.79 Å². The van der Waals surface area contributed by atoms with Crippen LogP contribution in [0.2, 0.25) is 0 Å². The Bertz CT molecular complexity index is 566. The van der Waals surface area contributed by atoms with Gasteiger partial charge in [-0.1, -0.05) is 47.3 Å². The van der Waals surface area contributed by atoms with Crippen LogP contribution in [-0.4, -0.2) is 17.0 Å². The lowest BCUT2D eigenvalue weighted by molar-refractivity contribution is -0.126. The van der Waals surface area contributed by atoms with Crippen molar-refractivity contribution in [3.05, 3.63) is 28.2 Å². The average Bonchev–Trinajstić information content (AvgIpc) is 2.47. The van der Waals surface area contributed by atoms with Crippen LogP contribution in [0, 0.1) is 5.41 Å². The van der Waals surface area contributed by atoms with E-state index < -0.39 is 0 Å². The van der Waals surface area contributed by atoms with Crippen LogP contribution in [0.3, 0.4) is 0 Å². The first-order valence-electron chi connectivity index (χ1n) is 7.05. The Morgan fingerprint density at radius 2 is 2.05 bits per heavy atom. The van der Waals surface area contributed by atoms with Crippen molar-refractivity contribution in [3.63, 3.8) is 0 Å². The summed E-state index contributed by atoms with van der Waals surface area (Å²) in [6, 6.07) is 5.25. The number of nitrogens with one attached hydrogen (secondary N) is 1. The lowest BCUT2D eigenvalue weighted by Gasteiger charge is -2.32. The first-order chi connectivity index (χ1) is 9.96. The molecular formula is C15H20BrN3O2. The van der Waals surface area contributed by atoms with Gasteiger partial charge in [-0.05, 0) is 31.0 Å². The second kappa shape index (κ2) is 6.47. The van der Waals surface area contributed by atoms with E-state index in [2.05, 4.69) is 26.4 Å². The number of rotatable bonds is 3. The molecule has 114 valence electrons. The van der Waals surface area contributed by atoms with E-state index in [1.54, 1.807) is 18.2 Å². The number of amidine groups is 1. The molecule has 0 atom stereocenters. The van der Waals surface area contributed by atoms with Crippen LogP contribution in [0.4, 0.5) is 5.69 Å². The monoisotopic (exact) mass is 353 g/mol. The quantitative estimate of drug-likeness (QED) is 0.336. The third kappa shape index (κ3) is 3.56. The van der Waals surface area contributed by atoms with Crippen LogP contribution in [-0.2, 0) is 4.79 Å². The fourth-order valence-electron chi connectivity index (χ4n) is 2.73. The number of halogens is 1. The lowest BCUT2D eigenvalue weighted by atomic mass is 9.75. The molecule has 0 radical (unpaired) electrons. The molecule has 6 heteroatoms. The number of carbonyl (C=O) groups excluding carboxylic acids is 1. The van der Waals surface area contributed by atoms with Crippen molar-refractivity contribution >= 4 is 33.4 Å². The molecule has 1 saturated carbocycles. The van der Waals surface area contributed by atoms with E-state index >= 15 is 0 Å². The van der Waals surface area contributed by atoms with Gasteiger partial charge >= 0.3 is 0 Å². The molecule has 0 bridgehead atoms. The maximum Gasteiger partial charge on any atom is 0.230 e. The van der Waals surface area contributed by atoms with Gasteiger partial charge in [0.25, 0.3) is 0 Å². The molecule has 0 heterocycles. The highest BCUT2D eigenvalue weighted by atomic mass is 79.9. The third-order valence-corrected chi connectivity index (χ3v) is 4.61. The molecule has 4 N–H and O–H groups in total. The summed E-state index contributed by atoms with van der Waals surface area (Å²) in [6.07, 6.45) is 5.14. The summed E-state index contributed by atoms with van der Waals surface area (Å²) in [6.45, 7) is 2.00. The molecule has 0 saturated heterocycles. The minimum Gasteiger partial charge on any atom is -0.409 e. The highest BCUT2D eigenvalue weighted by Crippen LogP contribution is 2.37. The SMILES string of the molecule is CC1(C(=O)Nc2cc(Br)ccc2/C(N)=N/O)CCCCC1. The molecule has 0 aliphatic heterocycles. The smallest absolute Gasteiger partial charge is 0.230 e. The van der Waals surface area contributed by atoms with Crippen molar-refractivity contribution in [3.8, 4) is 0 Å². The number of benzene rings is 1. The zero-order valence-corrected chi connectivity index (χ0v) is 13.6. The number of hydrogen-bond acceptors (Lipinski definition) is 3. The largest absolute Gasteiger partial charge is 0.409 e. The van der Waals surface area contributed by atoms with Crippen molar-refractivity contribution in [2.75, 3.05) is 5.32 Å². The standard InChI is InChI=1S/C15H20BrN3O2/c1-15(7-3-2-4-8-15)14(20)18-12-9-10(16)5-6-11(12)13(17)19-21/h5-6,9,21H,2-4,7-8H2,1H3,(H2,17,19)(H,18,20). The number of nitrogens with zero attached hydrogens (tertiary/aromatic N) is 1. The molecule has 1 amide bonds. The van der Waals surface area contributed by atoms with Gasteiger partial charge in [0.1, 0.15) is 0 Å². The van der Waals surface area contributed by atoms with Gasteiger partial charge in [0.15, 0.2) is 5.84 Å². The maximum absolute atomic E-state index is 12.6. The molecule has 21 heavy (non-hydrogen) atoms. The minimum absolute atomic E-state index is 0.00714. The number of hydrogen-bond donors (Lipinski definition) is 3. The number of oxime groups is 1. The highest BCUT2D eigenvalue weighted by molar-refractivity contribution is 9.10. The van der Waals surface area contributed by atoms with Crippen molar-refractivity contribution in [2.45, 2.75) is 39.0 Å². The molecular weight excluding hydrogens is 334 g/mol. The predicted molar refractivity (Wildman–Crippen MR) is 86.5 cm³/mol. The van der Waals surface area contributed by atoms with E-state index in [-0.39, 0.29) is 17.2 Å². The fraction of sp³-hybridized carbons (Fsp3) is 0.467. The molecule has 1 aliphatic carbocycles. The summed E-state index contributed by atoms with van der Waals surface area (Å²) in [5.41, 5.74) is 6.38. The van der Waals surface area contributed by atoms with Crippen LogP contribution in [0.5, 0.6) is 0 Å². The van der Waals surface area contributed by atoms with E-state index in [4.69, 9.17) is 10.9 Å². The molecule has 0 aromatic heterocycles. The normalized spacial score (nSPS) is 18.3. The van der Waals surface area contributed by atoms with E-state index in [0.29, 0.717) is 11.3 Å². The third-order valence-electron chi connectivity index (χ3n) is 4.12. The van der Waals surface area contributed by atoms with E-state index in [1.165, 1.54) is 6.42 Å². The lowest BCUT2D eigenvalue weighted by Crippen LogP contribution is -2.35. The number of anilines is 1. The van der Waals surface area contributed by atoms with Crippen LogP contribution in [0.25, 0.3) is 0 Å². The van der Waals surface area contributed by atoms with Gasteiger partial charge in [-0.25, -0.2) is 0 Å². The first-order valence-corrected chi connectivity index (χ1v) is 7.84. The number of nitrogens with two attached hydrogens (primary N) is 1. The van der Waals surface area contributed by atoms with Gasteiger partial charge in [-0.2, -0.15) is 0 Å². The van der Waals surface area contributed by atoms with Crippen LogP contribution >= 0.6 is 15.9 Å². The second-order valence-corrected chi connectivity index (χ2v) is 6.67. The molecule has 0 unspecified atom stereocenters. The Morgan fingerprint density at radius 1 is 1.38 bits per heavy atom. The minimum atomic E-state index is -0.344. The molecule has 5 nitrogen and oxygen atoms in total. The summed E-state index contributed by atoms with van der Waals surface area (Å²) >= 11 is 3.37. The topological polar surface area (TPSA) is 87.7 Å². The molecule has 1 fully saturated rings. The van der Waals surface area contributed by atoms with E-state index in [0.717, 1.165) is 30.2 Å². The van der Waals surface area contributed by atoms with Gasteiger partial charge in [0.05, 0.1) is 5.69 Å². The summed E-state index contributed by atoms with van der Waals surface area (Å²) < 4.78 is 0.820. The van der Waals surface area contributed by atoms with Crippen molar-refractivity contribution in [1.29, 1.82) is 0 Å². The zero-order valence-electron chi connectivity index (χ0n) is 12.0. The van der Waals surface area contributed by atoms with Gasteiger partial charge in [0, 0.05) is 15.5 Å². The predicted octanol–water partition coefficient (Wildman–Crippen LogP) is 3.45. The zero-order chi connectivity index (χ0) is 15.5. The fourth-order valence-corrected chi connectivity index (χ4v) is 3.09. The Kier molecular flexibility index (Phi) is 4.88. The Hall–Kier alpha value is -1.56. The first kappa shape index (κ1) is 15.8. The number of amides is 1. The van der Waals surface area contributed by atoms with Gasteiger partial charge in [-0.3, -0.25) is 4.79 Å². The molecule has 1 aromatic carbocycles. The van der Waals surface area contributed by atoms with Gasteiger partial charge < -0.3 is 16.3 Å². The molecule has 0 spiro atoms. The Morgan fingerprint density at radius 3 is 2.67 bits per heavy atom. The second-order valence-electron chi connectivity index (χ2n) is 5.75. The summed E-state index contributed by atoms with van der Waals surface area (Å²) in [5, 5.41) is 14.8. The van der Waals surface area contributed by atoms with Crippen LogP contribution in [0.15, 0.2) is 27.8 Å². The Balaban J connectivity index is 2.26. The maximum atomic E-state index is 12.6. The van der Waals surface area contributed by atoms with E-state index in [1.807, 2.05) is 6.92 Å². The summed E-state index contributed by atoms with van der Waals surface area (Å²) in [5.74, 6) is -0.0288. The van der Waals surface area contributed by atoms with Crippen molar-refractivity contribution in [2.24, 2.45) is 16.3 Å². The number of carbonyl (C=O) groups is 1. The van der Waals surface area contributed by atoms with Crippen LogP contribution in [0.1, 0.15) is 44.6 Å². The van der Waals surface area contributed by atoms with Crippen molar-refractivity contribution in [1.82, 2.24) is 0 Å². The van der Waals surface area contributed by atoms with Gasteiger partial charge in [-0.15, -0.1) is 0 Å². The molecule has 1 aliphatic rings.